The Hall–Kier alpha value is -1.93. The highest BCUT2D eigenvalue weighted by atomic mass is 19.2. The van der Waals surface area contributed by atoms with Crippen molar-refractivity contribution in [1.82, 2.24) is 15.0 Å². The van der Waals surface area contributed by atoms with Crippen LogP contribution >= 0.6 is 0 Å². The molecule has 8 atom stereocenters. The van der Waals surface area contributed by atoms with Crippen LogP contribution in [-0.4, -0.2) is 45.2 Å². The van der Waals surface area contributed by atoms with Crippen molar-refractivity contribution in [2.75, 3.05) is 13.2 Å². The van der Waals surface area contributed by atoms with Gasteiger partial charge in [-0.15, -0.1) is 5.10 Å². The molecular weight excluding hydrogens is 476 g/mol. The molecule has 202 valence electrons. The molecular formula is C29H39F2N3O3. The van der Waals surface area contributed by atoms with Crippen LogP contribution in [0.3, 0.4) is 0 Å². The molecule has 1 aromatic carbocycles. The minimum Gasteiger partial charge on any atom is -0.393 e. The quantitative estimate of drug-likeness (QED) is 0.564. The highest BCUT2D eigenvalue weighted by Crippen LogP contribution is 2.67. The van der Waals surface area contributed by atoms with Gasteiger partial charge in [-0.25, -0.2) is 13.5 Å². The SMILES string of the molecule is CCOCC12CCC(O)CC1CCC1C3CCC(C(=O)Cn4nnc5c(F)c(F)ccc54)C3(C)CCC12. The van der Waals surface area contributed by atoms with Gasteiger partial charge in [0, 0.05) is 12.5 Å². The van der Waals surface area contributed by atoms with Crippen LogP contribution in [0.15, 0.2) is 12.1 Å². The number of hydrogen-bond acceptors (Lipinski definition) is 5. The molecule has 0 radical (unpaired) electrons. The van der Waals surface area contributed by atoms with Crippen LogP contribution in [0.4, 0.5) is 8.78 Å². The summed E-state index contributed by atoms with van der Waals surface area (Å²) >= 11 is 0. The van der Waals surface area contributed by atoms with Gasteiger partial charge in [0.25, 0.3) is 0 Å². The minimum absolute atomic E-state index is 0.0386. The van der Waals surface area contributed by atoms with Crippen LogP contribution in [0.2, 0.25) is 0 Å². The van der Waals surface area contributed by atoms with E-state index < -0.39 is 11.6 Å². The van der Waals surface area contributed by atoms with E-state index >= 15 is 0 Å². The predicted octanol–water partition coefficient (Wildman–Crippen LogP) is 5.32. The third-order valence-corrected chi connectivity index (χ3v) is 11.2. The third-order valence-electron chi connectivity index (χ3n) is 11.2. The molecule has 1 N–H and O–H groups in total. The summed E-state index contributed by atoms with van der Waals surface area (Å²) in [6.45, 7) is 5.95. The molecule has 6 rings (SSSR count). The van der Waals surface area contributed by atoms with E-state index in [0.29, 0.717) is 29.2 Å². The van der Waals surface area contributed by atoms with E-state index in [0.717, 1.165) is 70.6 Å². The lowest BCUT2D eigenvalue weighted by molar-refractivity contribution is -0.164. The number of Topliss-reactive ketones (excluding diaryl/α,β-unsaturated/α-hetero) is 1. The van der Waals surface area contributed by atoms with E-state index in [1.54, 1.807) is 0 Å². The summed E-state index contributed by atoms with van der Waals surface area (Å²) in [5.41, 5.74) is 0.324. The van der Waals surface area contributed by atoms with Gasteiger partial charge in [-0.1, -0.05) is 12.1 Å². The monoisotopic (exact) mass is 515 g/mol. The van der Waals surface area contributed by atoms with Gasteiger partial charge in [0.05, 0.1) is 18.2 Å². The molecule has 8 unspecified atom stereocenters. The lowest BCUT2D eigenvalue weighted by Gasteiger charge is -2.61. The molecule has 0 saturated heterocycles. The highest BCUT2D eigenvalue weighted by Gasteiger charge is 2.62. The number of fused-ring (bicyclic) bond motifs is 6. The Kier molecular flexibility index (Phi) is 6.42. The fraction of sp³-hybridized carbons (Fsp3) is 0.759. The molecule has 0 amide bonds. The largest absolute Gasteiger partial charge is 0.393 e. The minimum atomic E-state index is -1.02. The van der Waals surface area contributed by atoms with Crippen LogP contribution < -0.4 is 0 Å². The maximum atomic E-state index is 14.1. The van der Waals surface area contributed by atoms with Crippen LogP contribution in [0.5, 0.6) is 0 Å². The van der Waals surface area contributed by atoms with E-state index in [4.69, 9.17) is 4.74 Å². The van der Waals surface area contributed by atoms with Gasteiger partial charge in [0.15, 0.2) is 22.9 Å². The van der Waals surface area contributed by atoms with Crippen molar-refractivity contribution >= 4 is 16.8 Å². The van der Waals surface area contributed by atoms with Crippen LogP contribution in [0.1, 0.15) is 71.6 Å². The Morgan fingerprint density at radius 3 is 2.78 bits per heavy atom. The molecule has 0 aliphatic heterocycles. The molecule has 1 heterocycles. The van der Waals surface area contributed by atoms with Crippen molar-refractivity contribution < 1.29 is 23.4 Å². The molecule has 8 heteroatoms. The first-order chi connectivity index (χ1) is 17.8. The number of carbonyl (C=O) groups is 1. The maximum Gasteiger partial charge on any atom is 0.188 e. The number of carbonyl (C=O) groups excluding carboxylic acids is 1. The highest BCUT2D eigenvalue weighted by molar-refractivity contribution is 5.84. The van der Waals surface area contributed by atoms with Crippen LogP contribution in [-0.2, 0) is 16.1 Å². The molecule has 4 aliphatic rings. The van der Waals surface area contributed by atoms with Crippen molar-refractivity contribution in [3.05, 3.63) is 23.8 Å². The first-order valence-corrected chi connectivity index (χ1v) is 14.2. The van der Waals surface area contributed by atoms with Gasteiger partial charge >= 0.3 is 0 Å². The zero-order valence-corrected chi connectivity index (χ0v) is 22.0. The Bertz CT molecular complexity index is 1180. The van der Waals surface area contributed by atoms with Gasteiger partial charge in [0.2, 0.25) is 0 Å². The van der Waals surface area contributed by atoms with Gasteiger partial charge in [-0.05, 0) is 111 Å². The fourth-order valence-electron chi connectivity index (χ4n) is 9.48. The van der Waals surface area contributed by atoms with Crippen molar-refractivity contribution in [3.63, 3.8) is 0 Å². The molecule has 4 saturated carbocycles. The molecule has 37 heavy (non-hydrogen) atoms. The lowest BCUT2D eigenvalue weighted by Crippen LogP contribution is -2.57. The summed E-state index contributed by atoms with van der Waals surface area (Å²) < 4.78 is 35.3. The Morgan fingerprint density at radius 2 is 1.97 bits per heavy atom. The molecule has 1 aromatic heterocycles. The number of halogens is 2. The second kappa shape index (κ2) is 9.37. The fourth-order valence-corrected chi connectivity index (χ4v) is 9.48. The van der Waals surface area contributed by atoms with Crippen LogP contribution in [0, 0.1) is 52.1 Å². The molecule has 4 aliphatic carbocycles. The van der Waals surface area contributed by atoms with Gasteiger partial charge in [-0.3, -0.25) is 4.79 Å². The molecule has 2 aromatic rings. The lowest BCUT2D eigenvalue weighted by atomic mass is 9.44. The number of aliphatic hydroxyl groups excluding tert-OH is 1. The summed E-state index contributed by atoms with van der Waals surface area (Å²) in [4.78, 5) is 13.7. The van der Waals surface area contributed by atoms with E-state index in [2.05, 4.69) is 24.2 Å². The number of nitrogens with zero attached hydrogens (tertiary/aromatic N) is 3. The molecule has 6 nitrogen and oxygen atoms in total. The number of hydrogen-bond donors (Lipinski definition) is 1. The van der Waals surface area contributed by atoms with E-state index in [1.807, 2.05) is 0 Å². The number of aliphatic hydroxyl groups is 1. The predicted molar refractivity (Wildman–Crippen MR) is 134 cm³/mol. The molecule has 0 spiro atoms. The van der Waals surface area contributed by atoms with E-state index in [-0.39, 0.29) is 40.7 Å². The summed E-state index contributed by atoms with van der Waals surface area (Å²) in [7, 11) is 0. The Balaban J connectivity index is 1.23. The second-order valence-electron chi connectivity index (χ2n) is 12.6. The van der Waals surface area contributed by atoms with Crippen molar-refractivity contribution in [3.8, 4) is 0 Å². The number of rotatable bonds is 6. The summed E-state index contributed by atoms with van der Waals surface area (Å²) in [5, 5.41) is 18.2. The number of ether oxygens (including phenoxy) is 1. The van der Waals surface area contributed by atoms with Gasteiger partial charge in [-0.2, -0.15) is 0 Å². The zero-order chi connectivity index (χ0) is 25.9. The van der Waals surface area contributed by atoms with Gasteiger partial charge in [0.1, 0.15) is 6.54 Å². The molecule has 0 bridgehead atoms. The molecule has 4 fully saturated rings. The zero-order valence-electron chi connectivity index (χ0n) is 22.0. The maximum absolute atomic E-state index is 14.1. The average Bonchev–Trinajstić information content (AvgIpc) is 3.46. The first kappa shape index (κ1) is 25.4. The third kappa shape index (κ3) is 3.88. The summed E-state index contributed by atoms with van der Waals surface area (Å²) in [5.74, 6) is 0.299. The van der Waals surface area contributed by atoms with Gasteiger partial charge < -0.3 is 9.84 Å². The number of benzene rings is 1. The smallest absolute Gasteiger partial charge is 0.188 e. The van der Waals surface area contributed by atoms with Crippen LogP contribution in [0.25, 0.3) is 11.0 Å². The van der Waals surface area contributed by atoms with Crippen molar-refractivity contribution in [2.24, 2.45) is 40.4 Å². The number of aromatic nitrogens is 3. The topological polar surface area (TPSA) is 77.2 Å². The van der Waals surface area contributed by atoms with E-state index in [9.17, 15) is 18.7 Å². The van der Waals surface area contributed by atoms with E-state index in [1.165, 1.54) is 17.2 Å². The second-order valence-corrected chi connectivity index (χ2v) is 12.6. The summed E-state index contributed by atoms with van der Waals surface area (Å²) in [6, 6.07) is 2.51. The Labute approximate surface area is 217 Å². The Morgan fingerprint density at radius 1 is 1.14 bits per heavy atom. The van der Waals surface area contributed by atoms with Crippen molar-refractivity contribution in [2.45, 2.75) is 84.3 Å². The number of ketones is 1. The standard InChI is InChI=1S/C29H39F2N3O3/c1-3-37-16-29-13-10-18(35)14-17(29)4-5-19-20-6-7-22(28(20,2)12-11-21(19)29)25(36)15-34-24-9-8-23(30)26(31)27(24)32-33-34/h8-9,17-22,35H,3-7,10-16H2,1-2H3. The normalized spacial score (nSPS) is 39.3. The first-order valence-electron chi connectivity index (χ1n) is 14.2. The summed E-state index contributed by atoms with van der Waals surface area (Å²) in [6.07, 6.45) is 9.01. The van der Waals surface area contributed by atoms with Crippen molar-refractivity contribution in [1.29, 1.82) is 0 Å². The average molecular weight is 516 g/mol.